The zero-order valence-electron chi connectivity index (χ0n) is 19.3. The fourth-order valence-electron chi connectivity index (χ4n) is 4.44. The summed E-state index contributed by atoms with van der Waals surface area (Å²) in [5, 5.41) is 2.92. The maximum Gasteiger partial charge on any atom is 0.243 e. The van der Waals surface area contributed by atoms with Gasteiger partial charge in [-0.25, -0.2) is 8.42 Å². The number of sulfonamides is 1. The molecule has 178 valence electrons. The monoisotopic (exact) mass is 473 g/mol. The average Bonchev–Trinajstić information content (AvgIpc) is 3.38. The molecule has 4 rings (SSSR count). The largest absolute Gasteiger partial charge is 0.493 e. The van der Waals surface area contributed by atoms with Crippen LogP contribution < -0.4 is 14.8 Å². The van der Waals surface area contributed by atoms with Gasteiger partial charge in [0.2, 0.25) is 15.9 Å². The minimum atomic E-state index is -3.46. The summed E-state index contributed by atoms with van der Waals surface area (Å²) in [7, 11) is -0.225. The van der Waals surface area contributed by atoms with E-state index in [0.29, 0.717) is 36.8 Å². The normalized spacial score (nSPS) is 17.9. The molecular formula is C24H31N3O5S. The highest BCUT2D eigenvalue weighted by atomic mass is 32.2. The first-order valence-corrected chi connectivity index (χ1v) is 12.7. The van der Waals surface area contributed by atoms with Gasteiger partial charge in [0.1, 0.15) is 0 Å². The molecule has 2 heterocycles. The molecule has 0 unspecified atom stereocenters. The number of rotatable bonds is 7. The third-order valence-corrected chi connectivity index (χ3v) is 8.41. The van der Waals surface area contributed by atoms with E-state index >= 15 is 0 Å². The quantitative estimate of drug-likeness (QED) is 0.665. The third kappa shape index (κ3) is 4.85. The number of fused-ring (bicyclic) bond motifs is 1. The molecule has 2 aliphatic rings. The summed E-state index contributed by atoms with van der Waals surface area (Å²) >= 11 is 0. The van der Waals surface area contributed by atoms with E-state index in [9.17, 15) is 13.2 Å². The molecule has 0 radical (unpaired) electrons. The molecule has 2 aromatic carbocycles. The third-order valence-electron chi connectivity index (χ3n) is 6.50. The van der Waals surface area contributed by atoms with Crippen molar-refractivity contribution in [2.45, 2.75) is 43.7 Å². The highest BCUT2D eigenvalue weighted by Gasteiger charge is 2.28. The van der Waals surface area contributed by atoms with Gasteiger partial charge in [-0.3, -0.25) is 9.69 Å². The van der Waals surface area contributed by atoms with Crippen LogP contribution in [-0.2, 0) is 27.8 Å². The molecule has 1 amide bonds. The first-order valence-electron chi connectivity index (χ1n) is 11.2. The predicted molar refractivity (Wildman–Crippen MR) is 126 cm³/mol. The number of carbonyl (C=O) groups is 1. The summed E-state index contributed by atoms with van der Waals surface area (Å²) in [6.07, 6.45) is 2.61. The summed E-state index contributed by atoms with van der Waals surface area (Å²) in [5.41, 5.74) is 2.90. The van der Waals surface area contributed by atoms with Crippen LogP contribution in [0.3, 0.4) is 0 Å². The number of nitrogens with zero attached hydrogens (tertiary/aromatic N) is 2. The number of amides is 1. The molecule has 2 aliphatic heterocycles. The van der Waals surface area contributed by atoms with Crippen LogP contribution in [0.1, 0.15) is 30.9 Å². The van der Waals surface area contributed by atoms with Gasteiger partial charge in [0.15, 0.2) is 11.5 Å². The van der Waals surface area contributed by atoms with Crippen LogP contribution in [0.15, 0.2) is 41.3 Å². The van der Waals surface area contributed by atoms with Crippen molar-refractivity contribution in [2.75, 3.05) is 39.2 Å². The van der Waals surface area contributed by atoms with Crippen molar-refractivity contribution in [2.24, 2.45) is 0 Å². The molecule has 8 nitrogen and oxygen atoms in total. The van der Waals surface area contributed by atoms with Gasteiger partial charge in [-0.15, -0.1) is 0 Å². The van der Waals surface area contributed by atoms with Gasteiger partial charge in [0, 0.05) is 31.9 Å². The Kier molecular flexibility index (Phi) is 6.92. The van der Waals surface area contributed by atoms with Crippen molar-refractivity contribution < 1.29 is 22.7 Å². The fourth-order valence-corrected chi connectivity index (χ4v) is 5.95. The van der Waals surface area contributed by atoms with E-state index in [0.717, 1.165) is 31.4 Å². The molecule has 0 saturated carbocycles. The summed E-state index contributed by atoms with van der Waals surface area (Å²) < 4.78 is 37.7. The number of anilines is 1. The van der Waals surface area contributed by atoms with Gasteiger partial charge >= 0.3 is 0 Å². The maximum absolute atomic E-state index is 12.9. The molecule has 2 aromatic rings. The Labute approximate surface area is 195 Å². The fraction of sp³-hybridized carbons (Fsp3) is 0.458. The van der Waals surface area contributed by atoms with E-state index in [1.807, 2.05) is 19.1 Å². The Hall–Kier alpha value is -2.62. The van der Waals surface area contributed by atoms with Crippen LogP contribution >= 0.6 is 0 Å². The minimum absolute atomic E-state index is 0.130. The first kappa shape index (κ1) is 23.5. The van der Waals surface area contributed by atoms with Gasteiger partial charge in [0.05, 0.1) is 25.2 Å². The van der Waals surface area contributed by atoms with Crippen LogP contribution in [0.5, 0.6) is 11.5 Å². The summed E-state index contributed by atoms with van der Waals surface area (Å²) in [5.74, 6) is 1.26. The first-order chi connectivity index (χ1) is 15.8. The summed E-state index contributed by atoms with van der Waals surface area (Å²) in [6.45, 7) is 4.40. The Morgan fingerprint density at radius 1 is 0.970 bits per heavy atom. The van der Waals surface area contributed by atoms with E-state index < -0.39 is 10.0 Å². The van der Waals surface area contributed by atoms with E-state index in [1.165, 1.54) is 9.87 Å². The SMILES string of the molecule is COc1cc2c(cc1OC)CN([C@@H](C)C(=O)Nc1ccc(S(=O)(=O)N3CCCC3)cc1)CC2. The maximum atomic E-state index is 12.9. The second-order valence-corrected chi connectivity index (χ2v) is 10.4. The van der Waals surface area contributed by atoms with Crippen molar-refractivity contribution in [3.63, 3.8) is 0 Å². The number of benzene rings is 2. The highest BCUT2D eigenvalue weighted by Crippen LogP contribution is 2.33. The molecule has 1 saturated heterocycles. The molecule has 0 bridgehead atoms. The lowest BCUT2D eigenvalue weighted by Crippen LogP contribution is -2.44. The van der Waals surface area contributed by atoms with Crippen LogP contribution in [0, 0.1) is 0 Å². The Morgan fingerprint density at radius 2 is 1.58 bits per heavy atom. The van der Waals surface area contributed by atoms with Gasteiger partial charge in [-0.2, -0.15) is 4.31 Å². The lowest BCUT2D eigenvalue weighted by molar-refractivity contribution is -0.121. The Balaban J connectivity index is 1.41. The summed E-state index contributed by atoms with van der Waals surface area (Å²) in [4.78, 5) is 15.3. The van der Waals surface area contributed by atoms with E-state index in [2.05, 4.69) is 10.2 Å². The second kappa shape index (κ2) is 9.70. The molecule has 0 aromatic heterocycles. The average molecular weight is 474 g/mol. The van der Waals surface area contributed by atoms with Gasteiger partial charge in [-0.05, 0) is 73.7 Å². The van der Waals surface area contributed by atoms with Crippen molar-refractivity contribution in [3.8, 4) is 11.5 Å². The number of hydrogen-bond donors (Lipinski definition) is 1. The minimum Gasteiger partial charge on any atom is -0.493 e. The van der Waals surface area contributed by atoms with Gasteiger partial charge < -0.3 is 14.8 Å². The Morgan fingerprint density at radius 3 is 2.18 bits per heavy atom. The lowest BCUT2D eigenvalue weighted by Gasteiger charge is -2.33. The molecular weight excluding hydrogens is 442 g/mol. The molecule has 33 heavy (non-hydrogen) atoms. The van der Waals surface area contributed by atoms with Crippen molar-refractivity contribution in [1.82, 2.24) is 9.21 Å². The molecule has 1 fully saturated rings. The van der Waals surface area contributed by atoms with Crippen LogP contribution in [-0.4, -0.2) is 63.4 Å². The smallest absolute Gasteiger partial charge is 0.243 e. The van der Waals surface area contributed by atoms with Crippen molar-refractivity contribution in [1.29, 1.82) is 0 Å². The standard InChI is InChI=1S/C24H31N3O5S/c1-17(26-13-10-18-14-22(31-2)23(32-3)15-19(18)16-26)24(28)25-20-6-8-21(9-7-20)33(29,30)27-11-4-5-12-27/h6-9,14-15,17H,4-5,10-13,16H2,1-3H3,(H,25,28)/t17-/m0/s1. The molecule has 1 N–H and O–H groups in total. The number of hydrogen-bond acceptors (Lipinski definition) is 6. The predicted octanol–water partition coefficient (Wildman–Crippen LogP) is 2.87. The van der Waals surface area contributed by atoms with Gasteiger partial charge in [0.25, 0.3) is 0 Å². The highest BCUT2D eigenvalue weighted by molar-refractivity contribution is 7.89. The number of ether oxygens (including phenoxy) is 2. The Bertz CT molecular complexity index is 1110. The van der Waals surface area contributed by atoms with E-state index in [4.69, 9.17) is 9.47 Å². The zero-order chi connectivity index (χ0) is 23.6. The van der Waals surface area contributed by atoms with Crippen LogP contribution in [0.2, 0.25) is 0 Å². The molecule has 0 aliphatic carbocycles. The lowest BCUT2D eigenvalue weighted by atomic mass is 9.97. The topological polar surface area (TPSA) is 88.2 Å². The van der Waals surface area contributed by atoms with Crippen molar-refractivity contribution in [3.05, 3.63) is 47.5 Å². The summed E-state index contributed by atoms with van der Waals surface area (Å²) in [6, 6.07) is 10.1. The second-order valence-electron chi connectivity index (χ2n) is 8.50. The number of carbonyl (C=O) groups excluding carboxylic acids is 1. The van der Waals surface area contributed by atoms with Gasteiger partial charge in [-0.1, -0.05) is 0 Å². The van der Waals surface area contributed by atoms with Crippen LogP contribution in [0.4, 0.5) is 5.69 Å². The van der Waals surface area contributed by atoms with E-state index in [-0.39, 0.29) is 16.8 Å². The van der Waals surface area contributed by atoms with Crippen LogP contribution in [0.25, 0.3) is 0 Å². The van der Waals surface area contributed by atoms with E-state index in [1.54, 1.807) is 38.5 Å². The molecule has 9 heteroatoms. The number of methoxy groups -OCH3 is 2. The zero-order valence-corrected chi connectivity index (χ0v) is 20.2. The van der Waals surface area contributed by atoms with Crippen molar-refractivity contribution >= 4 is 21.6 Å². The molecule has 1 atom stereocenters. The number of nitrogens with one attached hydrogen (secondary N) is 1. The molecule has 0 spiro atoms.